The van der Waals surface area contributed by atoms with Crippen molar-refractivity contribution in [1.29, 1.82) is 0 Å². The Kier molecular flexibility index (Phi) is 3.43. The average molecular weight is 258 g/mol. The fraction of sp³-hybridized carbons (Fsp3) is 0.400. The lowest BCUT2D eigenvalue weighted by Crippen LogP contribution is -2.32. The Morgan fingerprint density at radius 2 is 2.06 bits per heavy atom. The molecule has 1 heterocycles. The van der Waals surface area contributed by atoms with Gasteiger partial charge in [0.25, 0.3) is 0 Å². The zero-order chi connectivity index (χ0) is 12.4. The Balaban J connectivity index is 1.54. The molecule has 0 bridgehead atoms. The molecule has 0 fully saturated rings. The highest BCUT2D eigenvalue weighted by atomic mass is 32.1. The predicted octanol–water partition coefficient (Wildman–Crippen LogP) is 3.00. The van der Waals surface area contributed by atoms with E-state index in [0.717, 1.165) is 6.54 Å². The number of hydrogen-bond acceptors (Lipinski definition) is 3. The summed E-state index contributed by atoms with van der Waals surface area (Å²) < 4.78 is 0. The van der Waals surface area contributed by atoms with Crippen LogP contribution in [-0.4, -0.2) is 17.6 Å². The molecule has 3 heteroatoms. The third-order valence-electron chi connectivity index (χ3n) is 3.64. The summed E-state index contributed by atoms with van der Waals surface area (Å²) in [5, 5.41) is 6.97. The normalized spacial score (nSPS) is 16.7. The van der Waals surface area contributed by atoms with Crippen LogP contribution in [0.4, 0.5) is 0 Å². The fourth-order valence-electron chi connectivity index (χ4n) is 2.61. The van der Waals surface area contributed by atoms with Gasteiger partial charge in [-0.05, 0) is 24.0 Å². The first-order valence-corrected chi connectivity index (χ1v) is 7.40. The van der Waals surface area contributed by atoms with Gasteiger partial charge in [-0.25, -0.2) is 4.98 Å². The maximum atomic E-state index is 4.38. The second-order valence-electron chi connectivity index (χ2n) is 5.05. The minimum Gasteiger partial charge on any atom is -0.313 e. The highest BCUT2D eigenvalue weighted by Crippen LogP contribution is 2.23. The maximum absolute atomic E-state index is 4.38. The van der Waals surface area contributed by atoms with Gasteiger partial charge in [0.05, 0.1) is 5.01 Å². The number of nitrogens with one attached hydrogen (secondary N) is 1. The molecule has 1 atom stereocenters. The van der Waals surface area contributed by atoms with Gasteiger partial charge >= 0.3 is 0 Å². The molecule has 94 valence electrons. The van der Waals surface area contributed by atoms with Gasteiger partial charge < -0.3 is 5.32 Å². The Bertz CT molecular complexity index is 482. The Hall–Kier alpha value is -1.19. The van der Waals surface area contributed by atoms with Gasteiger partial charge in [-0.2, -0.15) is 0 Å². The first kappa shape index (κ1) is 11.9. The van der Waals surface area contributed by atoms with Crippen LogP contribution in [0.2, 0.25) is 0 Å². The lowest BCUT2D eigenvalue weighted by atomic mass is 10.1. The van der Waals surface area contributed by atoms with E-state index < -0.39 is 0 Å². The monoisotopic (exact) mass is 258 g/mol. The summed E-state index contributed by atoms with van der Waals surface area (Å²) in [4.78, 5) is 4.38. The Labute approximate surface area is 112 Å². The van der Waals surface area contributed by atoms with Crippen LogP contribution in [0.1, 0.15) is 29.0 Å². The average Bonchev–Trinajstić information content (AvgIpc) is 3.04. The van der Waals surface area contributed by atoms with Gasteiger partial charge in [-0.15, -0.1) is 11.3 Å². The predicted molar refractivity (Wildman–Crippen MR) is 76.2 cm³/mol. The van der Waals surface area contributed by atoms with Gasteiger partial charge in [0.2, 0.25) is 0 Å². The van der Waals surface area contributed by atoms with E-state index in [9.17, 15) is 0 Å². The van der Waals surface area contributed by atoms with Crippen molar-refractivity contribution in [3.05, 3.63) is 52.0 Å². The summed E-state index contributed by atoms with van der Waals surface area (Å²) in [7, 11) is 0. The number of aromatic nitrogens is 1. The molecule has 0 radical (unpaired) electrons. The number of fused-ring (bicyclic) bond motifs is 1. The van der Waals surface area contributed by atoms with Crippen LogP contribution in [0.15, 0.2) is 35.8 Å². The molecule has 0 spiro atoms. The molecule has 1 aliphatic rings. The molecule has 0 saturated carbocycles. The van der Waals surface area contributed by atoms with E-state index in [-0.39, 0.29) is 0 Å². The van der Waals surface area contributed by atoms with Crippen LogP contribution in [-0.2, 0) is 12.8 Å². The first-order chi connectivity index (χ1) is 8.83. The van der Waals surface area contributed by atoms with Crippen molar-refractivity contribution in [1.82, 2.24) is 10.3 Å². The van der Waals surface area contributed by atoms with Gasteiger partial charge in [0.15, 0.2) is 0 Å². The van der Waals surface area contributed by atoms with Crippen LogP contribution in [0, 0.1) is 0 Å². The quantitative estimate of drug-likeness (QED) is 0.912. The van der Waals surface area contributed by atoms with Crippen LogP contribution in [0.25, 0.3) is 0 Å². The topological polar surface area (TPSA) is 24.9 Å². The van der Waals surface area contributed by atoms with E-state index in [1.165, 1.54) is 29.0 Å². The molecule has 1 N–H and O–H groups in total. The zero-order valence-corrected chi connectivity index (χ0v) is 11.4. The molecule has 0 saturated heterocycles. The third kappa shape index (κ3) is 2.47. The maximum Gasteiger partial charge on any atom is 0.0965 e. The molecular formula is C15H18N2S. The van der Waals surface area contributed by atoms with Crippen LogP contribution < -0.4 is 5.32 Å². The first-order valence-electron chi connectivity index (χ1n) is 6.52. The largest absolute Gasteiger partial charge is 0.313 e. The molecule has 2 nitrogen and oxygen atoms in total. The van der Waals surface area contributed by atoms with Crippen molar-refractivity contribution >= 4 is 11.3 Å². The molecule has 18 heavy (non-hydrogen) atoms. The van der Waals surface area contributed by atoms with Crippen molar-refractivity contribution in [2.45, 2.75) is 31.7 Å². The summed E-state index contributed by atoms with van der Waals surface area (Å²) >= 11 is 1.75. The molecule has 1 aromatic carbocycles. The summed E-state index contributed by atoms with van der Waals surface area (Å²) in [6.45, 7) is 3.26. The standard InChI is InChI=1S/C15H18N2S/c1-11(15-16-6-7-18-15)10-17-14-8-12-4-2-3-5-13(12)9-14/h2-7,11,14,17H,8-10H2,1H3. The molecule has 1 unspecified atom stereocenters. The highest BCUT2D eigenvalue weighted by molar-refractivity contribution is 7.09. The minimum atomic E-state index is 0.508. The van der Waals surface area contributed by atoms with E-state index in [1.54, 1.807) is 11.3 Å². The SMILES string of the molecule is CC(CNC1Cc2ccccc2C1)c1nccs1. The fourth-order valence-corrected chi connectivity index (χ4v) is 3.31. The van der Waals surface area contributed by atoms with E-state index in [0.29, 0.717) is 12.0 Å². The van der Waals surface area contributed by atoms with Gasteiger partial charge in [0.1, 0.15) is 0 Å². The molecule has 0 aliphatic heterocycles. The van der Waals surface area contributed by atoms with E-state index in [4.69, 9.17) is 0 Å². The number of thiazole rings is 1. The highest BCUT2D eigenvalue weighted by Gasteiger charge is 2.21. The van der Waals surface area contributed by atoms with Gasteiger partial charge in [-0.3, -0.25) is 0 Å². The number of benzene rings is 1. The molecule has 1 aromatic heterocycles. The van der Waals surface area contributed by atoms with Crippen LogP contribution >= 0.6 is 11.3 Å². The lowest BCUT2D eigenvalue weighted by Gasteiger charge is -2.15. The van der Waals surface area contributed by atoms with Crippen molar-refractivity contribution in [2.75, 3.05) is 6.54 Å². The van der Waals surface area contributed by atoms with Crippen LogP contribution in [0.5, 0.6) is 0 Å². The van der Waals surface area contributed by atoms with Crippen molar-refractivity contribution < 1.29 is 0 Å². The second-order valence-corrected chi connectivity index (χ2v) is 5.98. The van der Waals surface area contributed by atoms with Gasteiger partial charge in [0, 0.05) is 30.1 Å². The van der Waals surface area contributed by atoms with E-state index in [1.807, 2.05) is 6.20 Å². The number of rotatable bonds is 4. The smallest absolute Gasteiger partial charge is 0.0965 e. The molecule has 2 aromatic rings. The summed E-state index contributed by atoms with van der Waals surface area (Å²) in [5.74, 6) is 0.508. The second kappa shape index (κ2) is 5.21. The molecular weight excluding hydrogens is 240 g/mol. The Morgan fingerprint density at radius 3 is 2.67 bits per heavy atom. The third-order valence-corrected chi connectivity index (χ3v) is 4.64. The molecule has 0 amide bonds. The molecule has 3 rings (SSSR count). The lowest BCUT2D eigenvalue weighted by molar-refractivity contribution is 0.506. The number of hydrogen-bond donors (Lipinski definition) is 1. The van der Waals surface area contributed by atoms with Crippen molar-refractivity contribution in [3.63, 3.8) is 0 Å². The Morgan fingerprint density at radius 1 is 1.33 bits per heavy atom. The van der Waals surface area contributed by atoms with E-state index >= 15 is 0 Å². The van der Waals surface area contributed by atoms with Crippen LogP contribution in [0.3, 0.4) is 0 Å². The minimum absolute atomic E-state index is 0.508. The molecule has 1 aliphatic carbocycles. The van der Waals surface area contributed by atoms with Gasteiger partial charge in [-0.1, -0.05) is 31.2 Å². The van der Waals surface area contributed by atoms with E-state index in [2.05, 4.69) is 46.9 Å². The summed E-state index contributed by atoms with van der Waals surface area (Å²) in [5.41, 5.74) is 3.02. The summed E-state index contributed by atoms with van der Waals surface area (Å²) in [6.07, 6.45) is 4.23. The van der Waals surface area contributed by atoms with Crippen molar-refractivity contribution in [3.8, 4) is 0 Å². The summed E-state index contributed by atoms with van der Waals surface area (Å²) in [6, 6.07) is 9.38. The van der Waals surface area contributed by atoms with Crippen molar-refractivity contribution in [2.24, 2.45) is 0 Å². The number of nitrogens with zero attached hydrogens (tertiary/aromatic N) is 1. The zero-order valence-electron chi connectivity index (χ0n) is 10.6.